The van der Waals surface area contributed by atoms with Gasteiger partial charge < -0.3 is 20.9 Å². The molecule has 0 heterocycles. The molecular weight excluding hydrogens is 232 g/mol. The van der Waals surface area contributed by atoms with Gasteiger partial charge in [-0.15, -0.1) is 0 Å². The fraction of sp³-hybridized carbons (Fsp3) is 0.462. The van der Waals surface area contributed by atoms with Crippen molar-refractivity contribution in [2.45, 2.75) is 25.8 Å². The van der Waals surface area contributed by atoms with Crippen LogP contribution in [0.1, 0.15) is 25.3 Å². The SMILES string of the molecule is COc1ccc(NC(=O)C(N)CO)cc1C(C)C. The number of nitrogens with two attached hydrogens (primary N) is 1. The van der Waals surface area contributed by atoms with Crippen LogP contribution in [0.4, 0.5) is 5.69 Å². The molecule has 0 radical (unpaired) electrons. The van der Waals surface area contributed by atoms with E-state index in [9.17, 15) is 4.79 Å². The van der Waals surface area contributed by atoms with Crippen molar-refractivity contribution < 1.29 is 14.6 Å². The number of carbonyl (C=O) groups is 1. The predicted molar refractivity (Wildman–Crippen MR) is 70.8 cm³/mol. The Morgan fingerprint density at radius 3 is 2.67 bits per heavy atom. The van der Waals surface area contributed by atoms with Gasteiger partial charge in [0.25, 0.3) is 0 Å². The van der Waals surface area contributed by atoms with E-state index in [4.69, 9.17) is 15.6 Å². The molecule has 0 saturated carbocycles. The van der Waals surface area contributed by atoms with Crippen molar-refractivity contribution in [1.29, 1.82) is 0 Å². The molecule has 0 saturated heterocycles. The van der Waals surface area contributed by atoms with E-state index in [2.05, 4.69) is 5.32 Å². The minimum atomic E-state index is -0.908. The molecule has 1 amide bonds. The normalized spacial score (nSPS) is 12.3. The van der Waals surface area contributed by atoms with Gasteiger partial charge in [0.15, 0.2) is 0 Å². The lowest BCUT2D eigenvalue weighted by Gasteiger charge is -2.15. The number of ether oxygens (including phenoxy) is 1. The van der Waals surface area contributed by atoms with Crippen LogP contribution in [0.15, 0.2) is 18.2 Å². The lowest BCUT2D eigenvalue weighted by molar-refractivity contribution is -0.118. The predicted octanol–water partition coefficient (Wildman–Crippen LogP) is 1.08. The number of anilines is 1. The number of benzene rings is 1. The van der Waals surface area contributed by atoms with E-state index in [1.807, 2.05) is 19.9 Å². The second kappa shape index (κ2) is 6.37. The first kappa shape index (κ1) is 14.5. The summed E-state index contributed by atoms with van der Waals surface area (Å²) in [6.45, 7) is 3.71. The molecule has 18 heavy (non-hydrogen) atoms. The Morgan fingerprint density at radius 2 is 2.17 bits per heavy atom. The lowest BCUT2D eigenvalue weighted by Crippen LogP contribution is -2.38. The number of nitrogens with one attached hydrogen (secondary N) is 1. The molecule has 0 fully saturated rings. The third-order valence-corrected chi connectivity index (χ3v) is 2.65. The zero-order valence-corrected chi connectivity index (χ0v) is 10.9. The number of hydrogen-bond acceptors (Lipinski definition) is 4. The van der Waals surface area contributed by atoms with Crippen molar-refractivity contribution in [3.05, 3.63) is 23.8 Å². The summed E-state index contributed by atoms with van der Waals surface area (Å²) >= 11 is 0. The molecule has 5 nitrogen and oxygen atoms in total. The van der Waals surface area contributed by atoms with Crippen molar-refractivity contribution in [3.63, 3.8) is 0 Å². The van der Waals surface area contributed by atoms with E-state index in [-0.39, 0.29) is 12.5 Å². The van der Waals surface area contributed by atoms with E-state index in [0.717, 1.165) is 11.3 Å². The van der Waals surface area contributed by atoms with Gasteiger partial charge >= 0.3 is 0 Å². The molecule has 0 aliphatic rings. The summed E-state index contributed by atoms with van der Waals surface area (Å²) in [5.41, 5.74) is 7.09. The minimum Gasteiger partial charge on any atom is -0.496 e. The van der Waals surface area contributed by atoms with Crippen LogP contribution in [0, 0.1) is 0 Å². The number of hydrogen-bond donors (Lipinski definition) is 3. The van der Waals surface area contributed by atoms with Gasteiger partial charge in [0, 0.05) is 5.69 Å². The van der Waals surface area contributed by atoms with Crippen LogP contribution in [0.2, 0.25) is 0 Å². The standard InChI is InChI=1S/C13H20N2O3/c1-8(2)10-6-9(4-5-12(10)18-3)15-13(17)11(14)7-16/h4-6,8,11,16H,7,14H2,1-3H3,(H,15,17). The quantitative estimate of drug-likeness (QED) is 0.732. The molecular formula is C13H20N2O3. The van der Waals surface area contributed by atoms with Crippen molar-refractivity contribution in [2.24, 2.45) is 5.73 Å². The van der Waals surface area contributed by atoms with Gasteiger partial charge in [-0.05, 0) is 29.7 Å². The number of amides is 1. The van der Waals surface area contributed by atoms with E-state index in [1.54, 1.807) is 19.2 Å². The van der Waals surface area contributed by atoms with Gasteiger partial charge in [0.2, 0.25) is 5.91 Å². The Labute approximate surface area is 107 Å². The Kier molecular flexibility index (Phi) is 5.12. The first-order valence-electron chi connectivity index (χ1n) is 5.84. The molecule has 4 N–H and O–H groups in total. The van der Waals surface area contributed by atoms with Crippen molar-refractivity contribution in [1.82, 2.24) is 0 Å². The van der Waals surface area contributed by atoms with Crippen molar-refractivity contribution in [2.75, 3.05) is 19.0 Å². The zero-order chi connectivity index (χ0) is 13.7. The number of carbonyl (C=O) groups excluding carboxylic acids is 1. The van der Waals surface area contributed by atoms with E-state index < -0.39 is 11.9 Å². The highest BCUT2D eigenvalue weighted by molar-refractivity contribution is 5.94. The highest BCUT2D eigenvalue weighted by Gasteiger charge is 2.14. The largest absolute Gasteiger partial charge is 0.496 e. The first-order valence-corrected chi connectivity index (χ1v) is 5.84. The number of aliphatic hydroxyl groups is 1. The molecule has 1 rings (SSSR count). The monoisotopic (exact) mass is 252 g/mol. The summed E-state index contributed by atoms with van der Waals surface area (Å²) in [4.78, 5) is 11.6. The van der Waals surface area contributed by atoms with E-state index in [1.165, 1.54) is 0 Å². The van der Waals surface area contributed by atoms with Gasteiger partial charge in [-0.3, -0.25) is 4.79 Å². The van der Waals surface area contributed by atoms with Crippen LogP contribution < -0.4 is 15.8 Å². The second-order valence-electron chi connectivity index (χ2n) is 4.39. The maximum atomic E-state index is 11.6. The summed E-state index contributed by atoms with van der Waals surface area (Å²) in [7, 11) is 1.61. The van der Waals surface area contributed by atoms with Crippen LogP contribution in [-0.4, -0.2) is 30.8 Å². The molecule has 0 spiro atoms. The van der Waals surface area contributed by atoms with Crippen LogP contribution in [0.5, 0.6) is 5.75 Å². The molecule has 0 aliphatic carbocycles. The molecule has 1 aromatic carbocycles. The second-order valence-corrected chi connectivity index (χ2v) is 4.39. The molecule has 5 heteroatoms. The van der Waals surface area contributed by atoms with Crippen LogP contribution in [0.25, 0.3) is 0 Å². The van der Waals surface area contributed by atoms with Crippen LogP contribution in [-0.2, 0) is 4.79 Å². The number of rotatable bonds is 5. The fourth-order valence-electron chi connectivity index (χ4n) is 1.58. The average Bonchev–Trinajstić information content (AvgIpc) is 2.37. The third-order valence-electron chi connectivity index (χ3n) is 2.65. The highest BCUT2D eigenvalue weighted by Crippen LogP contribution is 2.29. The van der Waals surface area contributed by atoms with E-state index >= 15 is 0 Å². The smallest absolute Gasteiger partial charge is 0.243 e. The van der Waals surface area contributed by atoms with E-state index in [0.29, 0.717) is 5.69 Å². The Bertz CT molecular complexity index is 419. The molecule has 1 unspecified atom stereocenters. The van der Waals surface area contributed by atoms with Crippen LogP contribution in [0.3, 0.4) is 0 Å². The summed E-state index contributed by atoms with van der Waals surface area (Å²) in [5, 5.41) is 11.5. The fourth-order valence-corrected chi connectivity index (χ4v) is 1.58. The molecule has 0 aromatic heterocycles. The topological polar surface area (TPSA) is 84.6 Å². The number of methoxy groups -OCH3 is 1. The van der Waals surface area contributed by atoms with Crippen LogP contribution >= 0.6 is 0 Å². The number of aliphatic hydroxyl groups excluding tert-OH is 1. The summed E-state index contributed by atoms with van der Waals surface area (Å²) < 4.78 is 5.26. The Morgan fingerprint density at radius 1 is 1.50 bits per heavy atom. The van der Waals surface area contributed by atoms with Crippen molar-refractivity contribution >= 4 is 11.6 Å². The van der Waals surface area contributed by atoms with Gasteiger partial charge in [0.1, 0.15) is 11.8 Å². The summed E-state index contributed by atoms with van der Waals surface area (Å²) in [6.07, 6.45) is 0. The highest BCUT2D eigenvalue weighted by atomic mass is 16.5. The van der Waals surface area contributed by atoms with Gasteiger partial charge in [-0.1, -0.05) is 13.8 Å². The third kappa shape index (κ3) is 3.45. The molecule has 0 aliphatic heterocycles. The summed E-state index contributed by atoms with van der Waals surface area (Å²) in [5.74, 6) is 0.662. The van der Waals surface area contributed by atoms with Gasteiger partial charge in [0.05, 0.1) is 13.7 Å². The molecule has 1 atom stereocenters. The Balaban J connectivity index is 2.91. The maximum Gasteiger partial charge on any atom is 0.243 e. The Hall–Kier alpha value is -1.59. The summed E-state index contributed by atoms with van der Waals surface area (Å²) in [6, 6.07) is 4.49. The van der Waals surface area contributed by atoms with Crippen molar-refractivity contribution in [3.8, 4) is 5.75 Å². The van der Waals surface area contributed by atoms with Gasteiger partial charge in [-0.2, -0.15) is 0 Å². The molecule has 100 valence electrons. The maximum absolute atomic E-state index is 11.6. The molecule has 0 bridgehead atoms. The zero-order valence-electron chi connectivity index (χ0n) is 10.9. The average molecular weight is 252 g/mol. The van der Waals surface area contributed by atoms with Gasteiger partial charge in [-0.25, -0.2) is 0 Å². The molecule has 1 aromatic rings. The lowest BCUT2D eigenvalue weighted by atomic mass is 10.0. The first-order chi connectivity index (χ1) is 8.49. The minimum absolute atomic E-state index is 0.281.